The van der Waals surface area contributed by atoms with E-state index in [1.807, 2.05) is 42.5 Å². The topological polar surface area (TPSA) is 57.3 Å². The smallest absolute Gasteiger partial charge is 0.135 e. The van der Waals surface area contributed by atoms with E-state index in [9.17, 15) is 5.26 Å². The van der Waals surface area contributed by atoms with Crippen molar-refractivity contribution in [2.75, 3.05) is 16.8 Å². The van der Waals surface area contributed by atoms with Crippen molar-refractivity contribution in [2.24, 2.45) is 0 Å². The molecule has 2 aliphatic heterocycles. The van der Waals surface area contributed by atoms with Crippen molar-refractivity contribution in [3.63, 3.8) is 0 Å². The number of hydrogen-bond donors (Lipinski definition) is 0. The molecule has 1 spiro atoms. The number of nitrogens with zero attached hydrogens (tertiary/aromatic N) is 5. The molecule has 0 atom stereocenters. The molecule has 6 nitrogen and oxygen atoms in total. The van der Waals surface area contributed by atoms with E-state index in [-0.39, 0.29) is 42.7 Å². The summed E-state index contributed by atoms with van der Waals surface area (Å²) in [6.45, 7) is 30.6. The van der Waals surface area contributed by atoms with Gasteiger partial charge in [-0.1, -0.05) is 137 Å². The average Bonchev–Trinajstić information content (AvgIpc) is 3.89. The Bertz CT molecular complexity index is 3360. The molecule has 68 heavy (non-hydrogen) atoms. The molecule has 0 N–H and O–H groups in total. The Morgan fingerprint density at radius 1 is 0.647 bits per heavy atom. The monoisotopic (exact) mass is 1070 g/mol. The van der Waals surface area contributed by atoms with Gasteiger partial charge in [0.05, 0.1) is 11.6 Å². The summed E-state index contributed by atoms with van der Waals surface area (Å²) in [5, 5.41) is 11.8. The van der Waals surface area contributed by atoms with Crippen molar-refractivity contribution < 1.29 is 25.8 Å². The fraction of sp³-hybridized carbons (Fsp3) is 0.295. The number of aromatic nitrogens is 2. The van der Waals surface area contributed by atoms with E-state index in [4.69, 9.17) is 9.72 Å². The first-order valence-corrected chi connectivity index (χ1v) is 23.6. The van der Waals surface area contributed by atoms with Crippen molar-refractivity contribution in [3.8, 4) is 34.5 Å². The van der Waals surface area contributed by atoms with Gasteiger partial charge < -0.3 is 19.1 Å². The summed E-state index contributed by atoms with van der Waals surface area (Å²) in [6.07, 6.45) is 1.80. The first kappa shape index (κ1) is 45.6. The summed E-state index contributed by atoms with van der Waals surface area (Å²) < 4.78 is 9.00. The molecule has 7 heteroatoms. The quantitative estimate of drug-likeness (QED) is 0.165. The van der Waals surface area contributed by atoms with Gasteiger partial charge in [-0.3, -0.25) is 0 Å². The van der Waals surface area contributed by atoms with Crippen LogP contribution in [0.4, 0.5) is 17.1 Å². The largest absolute Gasteiger partial charge is 0.509 e. The molecular weight excluding hydrogens is 1010 g/mol. The molecule has 0 bridgehead atoms. The predicted octanol–water partition coefficient (Wildman–Crippen LogP) is 15.0. The zero-order valence-corrected chi connectivity index (χ0v) is 43.7. The summed E-state index contributed by atoms with van der Waals surface area (Å²) in [5.41, 5.74) is 17.7. The molecule has 0 unspecified atom stereocenters. The van der Waals surface area contributed by atoms with Gasteiger partial charge in [-0.25, -0.2) is 4.98 Å². The Hall–Kier alpha value is -6.15. The van der Waals surface area contributed by atoms with Crippen molar-refractivity contribution in [1.29, 1.82) is 5.26 Å². The third-order valence-corrected chi connectivity index (χ3v) is 14.4. The average molecular weight is 1070 g/mol. The van der Waals surface area contributed by atoms with Crippen LogP contribution in [-0.2, 0) is 48.1 Å². The number of para-hydroxylation sites is 1. The predicted molar refractivity (Wildman–Crippen MR) is 274 cm³/mol. The van der Waals surface area contributed by atoms with Gasteiger partial charge in [0.15, 0.2) is 0 Å². The van der Waals surface area contributed by atoms with Gasteiger partial charge in [0, 0.05) is 61.1 Å². The Morgan fingerprint density at radius 3 is 1.87 bits per heavy atom. The zero-order chi connectivity index (χ0) is 47.3. The summed E-state index contributed by atoms with van der Waals surface area (Å²) in [7, 11) is 2.15. The molecular formula is C61H58N5OPt-3. The summed E-state index contributed by atoms with van der Waals surface area (Å²) in [6, 6.07) is 47.0. The second-order valence-electron chi connectivity index (χ2n) is 23.1. The number of hydrogen-bond acceptors (Lipinski definition) is 5. The van der Waals surface area contributed by atoms with E-state index in [1.165, 1.54) is 61.3 Å². The van der Waals surface area contributed by atoms with Gasteiger partial charge in [0.1, 0.15) is 5.82 Å². The maximum absolute atomic E-state index is 9.83. The fourth-order valence-electron chi connectivity index (χ4n) is 11.1. The molecule has 4 heterocycles. The molecule has 0 amide bonds. The van der Waals surface area contributed by atoms with Crippen LogP contribution < -0.4 is 14.5 Å². The Morgan fingerprint density at radius 2 is 1.28 bits per heavy atom. The molecule has 346 valence electrons. The molecule has 0 saturated heterocycles. The number of ether oxygens (including phenoxy) is 1. The summed E-state index contributed by atoms with van der Waals surface area (Å²) in [5.74, 6) is 1.92. The minimum atomic E-state index is -0.690. The third kappa shape index (κ3) is 6.63. The van der Waals surface area contributed by atoms with Gasteiger partial charge in [-0.2, -0.15) is 24.1 Å². The van der Waals surface area contributed by atoms with E-state index in [2.05, 4.69) is 190 Å². The Balaban J connectivity index is 0.00000539. The van der Waals surface area contributed by atoms with Crippen molar-refractivity contribution in [3.05, 3.63) is 178 Å². The molecule has 2 aromatic heterocycles. The maximum Gasteiger partial charge on any atom is 0.135 e. The summed E-state index contributed by atoms with van der Waals surface area (Å²) >= 11 is 0. The Labute approximate surface area is 416 Å². The van der Waals surface area contributed by atoms with Crippen molar-refractivity contribution in [1.82, 2.24) is 9.55 Å². The molecule has 0 radical (unpaired) electrons. The summed E-state index contributed by atoms with van der Waals surface area (Å²) in [4.78, 5) is 9.32. The second kappa shape index (κ2) is 15.2. The fourth-order valence-corrected chi connectivity index (χ4v) is 11.1. The molecule has 0 saturated carbocycles. The van der Waals surface area contributed by atoms with E-state index < -0.39 is 5.41 Å². The number of benzene rings is 6. The maximum atomic E-state index is 9.83. The number of pyridine rings is 1. The minimum Gasteiger partial charge on any atom is -0.509 e. The van der Waals surface area contributed by atoms with Crippen LogP contribution in [0.5, 0.6) is 11.5 Å². The number of anilines is 3. The van der Waals surface area contributed by atoms with Crippen LogP contribution in [0, 0.1) is 30.1 Å². The van der Waals surface area contributed by atoms with Crippen LogP contribution in [0.1, 0.15) is 133 Å². The number of nitriles is 1. The van der Waals surface area contributed by atoms with Crippen LogP contribution in [0.25, 0.3) is 38.8 Å². The molecule has 8 aromatic rings. The molecule has 3 aliphatic rings. The van der Waals surface area contributed by atoms with Crippen LogP contribution >= 0.6 is 0 Å². The second-order valence-corrected chi connectivity index (χ2v) is 23.1. The number of fused-ring (bicyclic) bond motifs is 12. The van der Waals surface area contributed by atoms with Gasteiger partial charge in [-0.05, 0) is 121 Å². The first-order chi connectivity index (χ1) is 31.6. The SMILES string of the molecule is CN1[CH-]N2c3[c-]c(Oc4[c-]c5c(cc4)c4cc(C#N)ccc4n5-c4ccccn4)ccc3C3(c4cccc1c42)c1c(cc(C(C)(C)C)cc1C(C)(C)C)-c1cc(C(C)(C)C)cc(C(C)(C)C)c13.[Pt]. The Kier molecular flexibility index (Phi) is 10.2. The third-order valence-electron chi connectivity index (χ3n) is 14.4. The van der Waals surface area contributed by atoms with Crippen LogP contribution in [-0.4, -0.2) is 16.6 Å². The van der Waals surface area contributed by atoms with Crippen LogP contribution in [0.15, 0.2) is 109 Å². The van der Waals surface area contributed by atoms with Gasteiger partial charge in [0.25, 0.3) is 0 Å². The molecule has 0 fully saturated rings. The standard InChI is InChI=1S/C61H58N5O.Pt/c1-57(2,3)37-28-43-44-29-38(58(4,5)6)31-48(60(10,11)12)55(44)61(54(43)47(30-37)59(7,8)9)45-24-22-40(33-52(45)65-35-64(13)50-18-16-17-46(61)56(50)65)67-39-21-23-41-42-27-36(34-62)20-25-49(42)66(51(41)32-39)53-19-14-15-26-63-53;/h14-31,35H,1-13H3;/q-3;. The van der Waals surface area contributed by atoms with Gasteiger partial charge in [-0.15, -0.1) is 35.2 Å². The van der Waals surface area contributed by atoms with Crippen LogP contribution in [0.3, 0.4) is 0 Å². The van der Waals surface area contributed by atoms with Gasteiger partial charge in [0.2, 0.25) is 0 Å². The van der Waals surface area contributed by atoms with E-state index in [0.29, 0.717) is 17.1 Å². The molecule has 1 aliphatic carbocycles. The zero-order valence-electron chi connectivity index (χ0n) is 41.4. The minimum absolute atomic E-state index is 0. The normalized spacial score (nSPS) is 14.7. The molecule has 11 rings (SSSR count). The van der Waals surface area contributed by atoms with Crippen molar-refractivity contribution >= 4 is 38.9 Å². The van der Waals surface area contributed by atoms with Crippen LogP contribution in [0.2, 0.25) is 0 Å². The van der Waals surface area contributed by atoms with E-state index in [1.54, 1.807) is 6.20 Å². The molecule has 6 aromatic carbocycles. The first-order valence-electron chi connectivity index (χ1n) is 23.6. The van der Waals surface area contributed by atoms with Crippen molar-refractivity contribution in [2.45, 2.75) is 110 Å². The van der Waals surface area contributed by atoms with E-state index in [0.717, 1.165) is 39.0 Å². The number of rotatable bonds is 3. The van der Waals surface area contributed by atoms with Gasteiger partial charge >= 0.3 is 0 Å². The van der Waals surface area contributed by atoms with E-state index >= 15 is 0 Å².